The number of nitrogens with zero attached hydrogens (tertiary/aromatic N) is 1. The number of rotatable bonds is 6. The monoisotopic (exact) mass is 350 g/mol. The highest BCUT2D eigenvalue weighted by molar-refractivity contribution is 5.75. The lowest BCUT2D eigenvalue weighted by molar-refractivity contribution is -0.170. The molecule has 0 aliphatic carbocycles. The summed E-state index contributed by atoms with van der Waals surface area (Å²) in [5.74, 6) is -0.472. The number of ether oxygens (including phenoxy) is 3. The zero-order valence-corrected chi connectivity index (χ0v) is 15.2. The maximum atomic E-state index is 12.0. The van der Waals surface area contributed by atoms with Crippen LogP contribution in [0, 0.1) is 0 Å². The van der Waals surface area contributed by atoms with E-state index in [1.165, 1.54) is 7.11 Å². The molecule has 138 valence electrons. The number of carbonyl (C=O) groups excluding carboxylic acids is 2. The lowest BCUT2D eigenvalue weighted by atomic mass is 10.1. The van der Waals surface area contributed by atoms with E-state index in [4.69, 9.17) is 14.2 Å². The van der Waals surface area contributed by atoms with Crippen LogP contribution in [0.2, 0.25) is 0 Å². The van der Waals surface area contributed by atoms with Gasteiger partial charge in [-0.05, 0) is 26.3 Å². The van der Waals surface area contributed by atoms with Crippen molar-refractivity contribution in [3.63, 3.8) is 0 Å². The minimum Gasteiger partial charge on any atom is -0.457 e. The Bertz CT molecular complexity index is 579. The lowest BCUT2D eigenvalue weighted by Crippen LogP contribution is -2.63. The van der Waals surface area contributed by atoms with Crippen LogP contribution in [0.5, 0.6) is 0 Å². The molecule has 0 radical (unpaired) electrons. The molecule has 1 aromatic rings. The van der Waals surface area contributed by atoms with Crippen molar-refractivity contribution >= 4 is 12.1 Å². The summed E-state index contributed by atoms with van der Waals surface area (Å²) in [6.45, 7) is 6.54. The van der Waals surface area contributed by atoms with E-state index < -0.39 is 17.8 Å². The van der Waals surface area contributed by atoms with Crippen molar-refractivity contribution in [3.05, 3.63) is 35.9 Å². The highest BCUT2D eigenvalue weighted by atomic mass is 16.6. The van der Waals surface area contributed by atoms with E-state index in [0.29, 0.717) is 13.1 Å². The number of likely N-dealkylation sites (tertiary alicyclic amines) is 1. The number of esters is 1. The number of hydrogen-bond donors (Lipinski definition) is 1. The van der Waals surface area contributed by atoms with Crippen molar-refractivity contribution in [1.29, 1.82) is 0 Å². The summed E-state index contributed by atoms with van der Waals surface area (Å²) < 4.78 is 15.7. The molecule has 7 heteroatoms. The molecule has 1 saturated heterocycles. The van der Waals surface area contributed by atoms with Crippen LogP contribution in [-0.4, -0.2) is 55.0 Å². The van der Waals surface area contributed by atoms with Crippen LogP contribution >= 0.6 is 0 Å². The molecule has 1 N–H and O–H groups in total. The molecule has 1 aromatic carbocycles. The lowest BCUT2D eigenvalue weighted by Gasteiger charge is -2.40. The van der Waals surface area contributed by atoms with Gasteiger partial charge in [-0.25, -0.2) is 9.59 Å². The van der Waals surface area contributed by atoms with Crippen LogP contribution in [0.15, 0.2) is 30.3 Å². The van der Waals surface area contributed by atoms with Gasteiger partial charge < -0.3 is 19.1 Å². The molecule has 0 saturated carbocycles. The average molecular weight is 350 g/mol. The van der Waals surface area contributed by atoms with Crippen molar-refractivity contribution in [2.24, 2.45) is 0 Å². The van der Waals surface area contributed by atoms with Crippen molar-refractivity contribution < 1.29 is 23.8 Å². The molecule has 1 atom stereocenters. The first-order valence-electron chi connectivity index (χ1n) is 8.26. The molecule has 2 rings (SSSR count). The van der Waals surface area contributed by atoms with Crippen LogP contribution in [-0.2, 0) is 25.6 Å². The molecule has 7 nitrogen and oxygen atoms in total. The average Bonchev–Trinajstić information content (AvgIpc) is 2.51. The van der Waals surface area contributed by atoms with Crippen LogP contribution < -0.4 is 5.32 Å². The fourth-order valence-corrected chi connectivity index (χ4v) is 2.35. The normalized spacial score (nSPS) is 16.1. The molecule has 1 fully saturated rings. The first-order chi connectivity index (χ1) is 11.8. The van der Waals surface area contributed by atoms with Gasteiger partial charge in [0, 0.05) is 26.2 Å². The summed E-state index contributed by atoms with van der Waals surface area (Å²) in [6.07, 6.45) is -1.22. The van der Waals surface area contributed by atoms with Crippen LogP contribution in [0.25, 0.3) is 0 Å². The zero-order chi connectivity index (χ0) is 18.4. The standard InChI is InChI=1S/C18H26N2O5/c1-18(2,3)25-16(21)15(23-4)19-14-10-20(11-14)17(22)24-12-13-8-6-5-7-9-13/h5-9,14-15,19H,10-12H2,1-4H3. The summed E-state index contributed by atoms with van der Waals surface area (Å²) in [4.78, 5) is 25.6. The number of carbonyl (C=O) groups is 2. The van der Waals surface area contributed by atoms with Gasteiger partial charge in [0.2, 0.25) is 6.23 Å². The molecule has 1 heterocycles. The molecule has 1 amide bonds. The Hall–Kier alpha value is -2.12. The Morgan fingerprint density at radius 3 is 2.44 bits per heavy atom. The quantitative estimate of drug-likeness (QED) is 0.624. The summed E-state index contributed by atoms with van der Waals surface area (Å²) in [5, 5.41) is 3.04. The summed E-state index contributed by atoms with van der Waals surface area (Å²) >= 11 is 0. The zero-order valence-electron chi connectivity index (χ0n) is 15.2. The third-order valence-electron chi connectivity index (χ3n) is 3.59. The van der Waals surface area contributed by atoms with E-state index in [0.717, 1.165) is 5.56 Å². The van der Waals surface area contributed by atoms with Gasteiger partial charge in [0.05, 0.1) is 0 Å². The third kappa shape index (κ3) is 6.03. The third-order valence-corrected chi connectivity index (χ3v) is 3.59. The van der Waals surface area contributed by atoms with E-state index in [-0.39, 0.29) is 18.7 Å². The van der Waals surface area contributed by atoms with Crippen LogP contribution in [0.1, 0.15) is 26.3 Å². The SMILES string of the molecule is COC(NC1CN(C(=O)OCc2ccccc2)C1)C(=O)OC(C)(C)C. The molecule has 0 bridgehead atoms. The van der Waals surface area contributed by atoms with E-state index in [2.05, 4.69) is 5.32 Å². The topological polar surface area (TPSA) is 77.1 Å². The second-order valence-corrected chi connectivity index (χ2v) is 6.96. The molecule has 1 aliphatic rings. The van der Waals surface area contributed by atoms with E-state index in [9.17, 15) is 9.59 Å². The molecule has 25 heavy (non-hydrogen) atoms. The molecule has 1 unspecified atom stereocenters. The predicted molar refractivity (Wildman–Crippen MR) is 91.8 cm³/mol. The summed E-state index contributed by atoms with van der Waals surface area (Å²) in [5.41, 5.74) is 0.359. The van der Waals surface area contributed by atoms with E-state index in [1.807, 2.05) is 30.3 Å². The van der Waals surface area contributed by atoms with Crippen molar-refractivity contribution in [2.45, 2.75) is 45.2 Å². The van der Waals surface area contributed by atoms with Crippen molar-refractivity contribution in [3.8, 4) is 0 Å². The predicted octanol–water partition coefficient (Wildman–Crippen LogP) is 1.91. The number of hydrogen-bond acceptors (Lipinski definition) is 6. The Labute approximate surface area is 148 Å². The first kappa shape index (κ1) is 19.2. The van der Waals surface area contributed by atoms with Crippen molar-refractivity contribution in [1.82, 2.24) is 10.2 Å². The number of nitrogens with one attached hydrogen (secondary N) is 1. The Kier molecular flexibility index (Phi) is 6.39. The molecule has 0 spiro atoms. The Morgan fingerprint density at radius 2 is 1.88 bits per heavy atom. The fourth-order valence-electron chi connectivity index (χ4n) is 2.35. The highest BCUT2D eigenvalue weighted by Crippen LogP contribution is 2.14. The van der Waals surface area contributed by atoms with E-state index in [1.54, 1.807) is 25.7 Å². The highest BCUT2D eigenvalue weighted by Gasteiger charge is 2.35. The largest absolute Gasteiger partial charge is 0.457 e. The fraction of sp³-hybridized carbons (Fsp3) is 0.556. The Balaban J connectivity index is 1.71. The first-order valence-corrected chi connectivity index (χ1v) is 8.26. The minimum atomic E-state index is -0.855. The van der Waals surface area contributed by atoms with Gasteiger partial charge in [-0.15, -0.1) is 0 Å². The number of methoxy groups -OCH3 is 1. The van der Waals surface area contributed by atoms with Gasteiger partial charge in [0.15, 0.2) is 0 Å². The Morgan fingerprint density at radius 1 is 1.24 bits per heavy atom. The van der Waals surface area contributed by atoms with Gasteiger partial charge >= 0.3 is 12.1 Å². The maximum absolute atomic E-state index is 12.0. The van der Waals surface area contributed by atoms with Crippen molar-refractivity contribution in [2.75, 3.05) is 20.2 Å². The summed E-state index contributed by atoms with van der Waals surface area (Å²) in [7, 11) is 1.44. The number of amides is 1. The smallest absolute Gasteiger partial charge is 0.410 e. The van der Waals surface area contributed by atoms with Crippen LogP contribution in [0.4, 0.5) is 4.79 Å². The minimum absolute atomic E-state index is 0.0401. The maximum Gasteiger partial charge on any atom is 0.410 e. The van der Waals surface area contributed by atoms with Gasteiger partial charge in [0.1, 0.15) is 12.2 Å². The molecular formula is C18H26N2O5. The summed E-state index contributed by atoms with van der Waals surface area (Å²) in [6, 6.07) is 9.47. The second-order valence-electron chi connectivity index (χ2n) is 6.96. The van der Waals surface area contributed by atoms with Gasteiger partial charge in [-0.1, -0.05) is 30.3 Å². The van der Waals surface area contributed by atoms with E-state index >= 15 is 0 Å². The molecule has 0 aromatic heterocycles. The number of benzene rings is 1. The van der Waals surface area contributed by atoms with Gasteiger partial charge in [0.25, 0.3) is 0 Å². The van der Waals surface area contributed by atoms with Crippen LogP contribution in [0.3, 0.4) is 0 Å². The van der Waals surface area contributed by atoms with Gasteiger partial charge in [-0.3, -0.25) is 5.32 Å². The molecular weight excluding hydrogens is 324 g/mol. The second kappa shape index (κ2) is 8.31. The van der Waals surface area contributed by atoms with Gasteiger partial charge in [-0.2, -0.15) is 0 Å². The molecule has 1 aliphatic heterocycles.